The highest BCUT2D eigenvalue weighted by molar-refractivity contribution is 5.95. The molecular weight excluding hydrogens is 364 g/mol. The molecule has 0 atom stereocenters. The molecule has 0 unspecified atom stereocenters. The van der Waals surface area contributed by atoms with Crippen molar-refractivity contribution >= 4 is 17.6 Å². The Bertz CT molecular complexity index is 986. The van der Waals surface area contributed by atoms with Crippen LogP contribution in [0.25, 0.3) is 5.69 Å². The van der Waals surface area contributed by atoms with Gasteiger partial charge in [0.15, 0.2) is 18.1 Å². The lowest BCUT2D eigenvalue weighted by Gasteiger charge is -2.19. The van der Waals surface area contributed by atoms with Crippen LogP contribution in [0.3, 0.4) is 0 Å². The van der Waals surface area contributed by atoms with Crippen LogP contribution < -0.4 is 14.8 Å². The molecule has 4 rings (SSSR count). The van der Waals surface area contributed by atoms with E-state index in [1.54, 1.807) is 53.5 Å². The minimum absolute atomic E-state index is 0.330. The number of carbonyl (C=O) groups is 2. The van der Waals surface area contributed by atoms with E-state index in [2.05, 4.69) is 15.4 Å². The van der Waals surface area contributed by atoms with Crippen molar-refractivity contribution < 1.29 is 23.8 Å². The van der Waals surface area contributed by atoms with Crippen LogP contribution in [0.2, 0.25) is 0 Å². The number of benzene rings is 2. The van der Waals surface area contributed by atoms with Crippen LogP contribution in [0.1, 0.15) is 10.4 Å². The summed E-state index contributed by atoms with van der Waals surface area (Å²) in [6, 6.07) is 11.7. The first-order valence-corrected chi connectivity index (χ1v) is 8.51. The van der Waals surface area contributed by atoms with E-state index in [1.165, 1.54) is 6.33 Å². The number of nitrogens with one attached hydrogen (secondary N) is 1. The summed E-state index contributed by atoms with van der Waals surface area (Å²) in [6.45, 7) is 0.546. The quantitative estimate of drug-likeness (QED) is 0.673. The summed E-state index contributed by atoms with van der Waals surface area (Å²) < 4.78 is 17.5. The normalized spacial score (nSPS) is 12.3. The Morgan fingerprint density at radius 1 is 1.07 bits per heavy atom. The maximum atomic E-state index is 12.1. The summed E-state index contributed by atoms with van der Waals surface area (Å²) >= 11 is 0. The van der Waals surface area contributed by atoms with Crippen molar-refractivity contribution in [2.24, 2.45) is 0 Å². The van der Waals surface area contributed by atoms with Crippen LogP contribution in [-0.2, 0) is 9.53 Å². The van der Waals surface area contributed by atoms with Gasteiger partial charge in [0.25, 0.3) is 5.91 Å². The Morgan fingerprint density at radius 3 is 2.61 bits per heavy atom. The van der Waals surface area contributed by atoms with Crippen LogP contribution in [0.4, 0.5) is 5.69 Å². The molecule has 0 saturated carbocycles. The standard InChI is InChI=1S/C19H16N4O5/c24-18(22-14-3-6-16-17(9-14)27-8-7-26-16)10-28-19(25)13-1-4-15(5-2-13)23-12-20-11-21-23/h1-6,9,11-12H,7-8,10H2,(H,22,24). The minimum Gasteiger partial charge on any atom is -0.486 e. The number of fused-ring (bicyclic) bond motifs is 1. The number of aromatic nitrogens is 3. The summed E-state index contributed by atoms with van der Waals surface area (Å²) in [4.78, 5) is 28.0. The molecule has 3 aromatic rings. The van der Waals surface area contributed by atoms with Gasteiger partial charge in [-0.05, 0) is 36.4 Å². The van der Waals surface area contributed by atoms with Crippen molar-refractivity contribution in [2.75, 3.05) is 25.1 Å². The van der Waals surface area contributed by atoms with E-state index >= 15 is 0 Å². The maximum Gasteiger partial charge on any atom is 0.338 e. The number of hydrogen-bond donors (Lipinski definition) is 1. The zero-order valence-electron chi connectivity index (χ0n) is 14.7. The van der Waals surface area contributed by atoms with E-state index in [0.29, 0.717) is 36.0 Å². The number of ether oxygens (including phenoxy) is 3. The van der Waals surface area contributed by atoms with E-state index < -0.39 is 18.5 Å². The Hall–Kier alpha value is -3.88. The number of nitrogens with zero attached hydrogens (tertiary/aromatic N) is 3. The Labute approximate surface area is 159 Å². The lowest BCUT2D eigenvalue weighted by Crippen LogP contribution is -2.21. The maximum absolute atomic E-state index is 12.1. The molecule has 0 fully saturated rings. The van der Waals surface area contributed by atoms with Crippen molar-refractivity contribution in [3.05, 3.63) is 60.7 Å². The summed E-state index contributed by atoms with van der Waals surface area (Å²) in [7, 11) is 0. The highest BCUT2D eigenvalue weighted by Gasteiger charge is 2.14. The molecule has 28 heavy (non-hydrogen) atoms. The minimum atomic E-state index is -0.595. The van der Waals surface area contributed by atoms with Gasteiger partial charge in [-0.1, -0.05) is 0 Å². The molecule has 1 aliphatic heterocycles. The van der Waals surface area contributed by atoms with Gasteiger partial charge in [-0.3, -0.25) is 4.79 Å². The Kier molecular flexibility index (Phi) is 4.87. The van der Waals surface area contributed by atoms with Gasteiger partial charge in [0.05, 0.1) is 11.3 Å². The second kappa shape index (κ2) is 7.78. The van der Waals surface area contributed by atoms with Gasteiger partial charge in [-0.15, -0.1) is 0 Å². The number of amides is 1. The van der Waals surface area contributed by atoms with Gasteiger partial charge < -0.3 is 19.5 Å². The molecule has 9 nitrogen and oxygen atoms in total. The van der Waals surface area contributed by atoms with Gasteiger partial charge in [-0.25, -0.2) is 14.5 Å². The molecule has 2 heterocycles. The predicted molar refractivity (Wildman–Crippen MR) is 97.7 cm³/mol. The molecule has 1 aromatic heterocycles. The van der Waals surface area contributed by atoms with Crippen LogP contribution in [0, 0.1) is 0 Å². The lowest BCUT2D eigenvalue weighted by molar-refractivity contribution is -0.119. The molecule has 0 bridgehead atoms. The smallest absolute Gasteiger partial charge is 0.338 e. The molecule has 1 aliphatic rings. The highest BCUT2D eigenvalue weighted by Crippen LogP contribution is 2.32. The first-order valence-electron chi connectivity index (χ1n) is 8.51. The fourth-order valence-electron chi connectivity index (χ4n) is 2.62. The number of anilines is 1. The Balaban J connectivity index is 1.31. The number of hydrogen-bond acceptors (Lipinski definition) is 7. The van der Waals surface area contributed by atoms with Gasteiger partial charge in [0, 0.05) is 11.8 Å². The monoisotopic (exact) mass is 380 g/mol. The topological polar surface area (TPSA) is 105 Å². The van der Waals surface area contributed by atoms with Crippen molar-refractivity contribution in [3.63, 3.8) is 0 Å². The number of esters is 1. The molecule has 1 amide bonds. The molecule has 2 aromatic carbocycles. The molecule has 0 aliphatic carbocycles. The molecule has 0 saturated heterocycles. The molecule has 1 N–H and O–H groups in total. The third-order valence-corrected chi connectivity index (χ3v) is 3.95. The molecular formula is C19H16N4O5. The van der Waals surface area contributed by atoms with E-state index in [0.717, 1.165) is 5.69 Å². The summed E-state index contributed by atoms with van der Waals surface area (Å²) in [5.41, 5.74) is 1.61. The summed E-state index contributed by atoms with van der Waals surface area (Å²) in [5.74, 6) is 0.144. The van der Waals surface area contributed by atoms with Crippen LogP contribution in [0.15, 0.2) is 55.1 Å². The summed E-state index contributed by atoms with van der Waals surface area (Å²) in [6.07, 6.45) is 2.97. The van der Waals surface area contributed by atoms with Crippen molar-refractivity contribution in [1.29, 1.82) is 0 Å². The fourth-order valence-corrected chi connectivity index (χ4v) is 2.62. The van der Waals surface area contributed by atoms with E-state index in [1.807, 2.05) is 0 Å². The SMILES string of the molecule is O=C(COC(=O)c1ccc(-n2cncn2)cc1)Nc1ccc2c(c1)OCCO2. The zero-order valence-corrected chi connectivity index (χ0v) is 14.7. The largest absolute Gasteiger partial charge is 0.486 e. The van der Waals surface area contributed by atoms with E-state index in [9.17, 15) is 9.59 Å². The third kappa shape index (κ3) is 3.93. The fraction of sp³-hybridized carbons (Fsp3) is 0.158. The molecule has 0 radical (unpaired) electrons. The lowest BCUT2D eigenvalue weighted by atomic mass is 10.2. The first kappa shape index (κ1) is 17.5. The van der Waals surface area contributed by atoms with Gasteiger partial charge in [0.1, 0.15) is 25.9 Å². The van der Waals surface area contributed by atoms with Gasteiger partial charge in [0.2, 0.25) is 0 Å². The molecule has 0 spiro atoms. The second-order valence-electron chi connectivity index (χ2n) is 5.87. The van der Waals surface area contributed by atoms with Gasteiger partial charge in [-0.2, -0.15) is 5.10 Å². The number of rotatable bonds is 5. The van der Waals surface area contributed by atoms with Crippen molar-refractivity contribution in [2.45, 2.75) is 0 Å². The molecule has 9 heteroatoms. The Morgan fingerprint density at radius 2 is 1.86 bits per heavy atom. The van der Waals surface area contributed by atoms with E-state index in [-0.39, 0.29) is 0 Å². The third-order valence-electron chi connectivity index (χ3n) is 3.95. The van der Waals surface area contributed by atoms with E-state index in [4.69, 9.17) is 14.2 Å². The first-order chi connectivity index (χ1) is 13.7. The van der Waals surface area contributed by atoms with Crippen LogP contribution in [0.5, 0.6) is 11.5 Å². The van der Waals surface area contributed by atoms with Crippen molar-refractivity contribution in [1.82, 2.24) is 14.8 Å². The average Bonchev–Trinajstić information content (AvgIpc) is 3.27. The van der Waals surface area contributed by atoms with Gasteiger partial charge >= 0.3 is 5.97 Å². The number of carbonyl (C=O) groups excluding carboxylic acids is 2. The summed E-state index contributed by atoms with van der Waals surface area (Å²) in [5, 5.41) is 6.66. The highest BCUT2D eigenvalue weighted by atomic mass is 16.6. The average molecular weight is 380 g/mol. The van der Waals surface area contributed by atoms with Crippen LogP contribution in [-0.4, -0.2) is 46.5 Å². The zero-order chi connectivity index (χ0) is 19.3. The van der Waals surface area contributed by atoms with Crippen molar-refractivity contribution in [3.8, 4) is 17.2 Å². The second-order valence-corrected chi connectivity index (χ2v) is 5.87. The molecule has 142 valence electrons. The van der Waals surface area contributed by atoms with Crippen LogP contribution >= 0.6 is 0 Å². The predicted octanol–water partition coefficient (Wildman–Crippen LogP) is 1.83.